The molecule has 0 aromatic heterocycles. The number of esters is 2. The third-order valence-corrected chi connectivity index (χ3v) is 5.00. The summed E-state index contributed by atoms with van der Waals surface area (Å²) >= 11 is 0. The van der Waals surface area contributed by atoms with Gasteiger partial charge in [0.2, 0.25) is 0 Å². The molecule has 0 bridgehead atoms. The van der Waals surface area contributed by atoms with E-state index in [1.54, 1.807) is 18.2 Å². The number of carbonyl (C=O) groups is 2. The van der Waals surface area contributed by atoms with Crippen molar-refractivity contribution < 1.29 is 23.8 Å². The van der Waals surface area contributed by atoms with Crippen molar-refractivity contribution in [3.63, 3.8) is 0 Å². The Morgan fingerprint density at radius 2 is 1.56 bits per heavy atom. The number of unbranched alkanes of at least 4 members (excludes halogenated alkanes) is 1. The molecule has 0 N–H and O–H groups in total. The monoisotopic (exact) mass is 456 g/mol. The van der Waals surface area contributed by atoms with Gasteiger partial charge >= 0.3 is 11.9 Å². The van der Waals surface area contributed by atoms with E-state index in [-0.39, 0.29) is 0 Å². The predicted molar refractivity (Wildman–Crippen MR) is 134 cm³/mol. The highest BCUT2D eigenvalue weighted by Gasteiger charge is 2.04. The van der Waals surface area contributed by atoms with Crippen molar-refractivity contribution in [3.8, 4) is 22.6 Å². The molecule has 0 saturated carbocycles. The van der Waals surface area contributed by atoms with E-state index >= 15 is 0 Å². The molecular formula is C29H28O5. The molecular weight excluding hydrogens is 428 g/mol. The van der Waals surface area contributed by atoms with E-state index in [1.165, 1.54) is 6.08 Å². The van der Waals surface area contributed by atoms with Crippen LogP contribution < -0.4 is 9.47 Å². The average Bonchev–Trinajstić information content (AvgIpc) is 2.86. The maximum absolute atomic E-state index is 12.2. The van der Waals surface area contributed by atoms with Crippen molar-refractivity contribution in [2.24, 2.45) is 0 Å². The molecule has 0 heterocycles. The van der Waals surface area contributed by atoms with E-state index in [9.17, 15) is 9.59 Å². The summed E-state index contributed by atoms with van der Waals surface area (Å²) in [5.74, 6) is 0.419. The largest absolute Gasteiger partial charge is 0.493 e. The fraction of sp³-hybridized carbons (Fsp3) is 0.172. The first-order chi connectivity index (χ1) is 16.5. The average molecular weight is 457 g/mol. The van der Waals surface area contributed by atoms with E-state index < -0.39 is 11.9 Å². The van der Waals surface area contributed by atoms with Crippen LogP contribution in [0.2, 0.25) is 0 Å². The molecule has 34 heavy (non-hydrogen) atoms. The molecule has 0 fully saturated rings. The lowest BCUT2D eigenvalue weighted by atomic mass is 10.1. The number of ether oxygens (including phenoxy) is 3. The van der Waals surface area contributed by atoms with E-state index in [1.807, 2.05) is 67.6 Å². The first kappa shape index (κ1) is 24.5. The molecule has 0 spiro atoms. The van der Waals surface area contributed by atoms with Crippen LogP contribution in [0.5, 0.6) is 11.5 Å². The minimum absolute atomic E-state index is 0.351. The molecule has 0 aliphatic carbocycles. The summed E-state index contributed by atoms with van der Waals surface area (Å²) in [6.45, 7) is 6.18. The Bertz CT molecular complexity index is 1130. The van der Waals surface area contributed by atoms with E-state index in [4.69, 9.17) is 14.2 Å². The molecule has 3 aromatic rings. The number of rotatable bonds is 11. The summed E-state index contributed by atoms with van der Waals surface area (Å²) < 4.78 is 16.1. The highest BCUT2D eigenvalue weighted by Crippen LogP contribution is 2.23. The van der Waals surface area contributed by atoms with Gasteiger partial charge in [-0.15, -0.1) is 0 Å². The zero-order chi connectivity index (χ0) is 24.2. The summed E-state index contributed by atoms with van der Waals surface area (Å²) in [5.41, 5.74) is 4.00. The maximum Gasteiger partial charge on any atom is 0.336 e. The number of aryl methyl sites for hydroxylation is 1. The van der Waals surface area contributed by atoms with Crippen molar-refractivity contribution in [1.82, 2.24) is 0 Å². The zero-order valence-electron chi connectivity index (χ0n) is 19.2. The van der Waals surface area contributed by atoms with Crippen molar-refractivity contribution in [3.05, 3.63) is 103 Å². The van der Waals surface area contributed by atoms with Gasteiger partial charge in [-0.05, 0) is 72.4 Å². The Hall–Kier alpha value is -4.12. The van der Waals surface area contributed by atoms with Gasteiger partial charge in [-0.2, -0.15) is 0 Å². The van der Waals surface area contributed by atoms with Crippen molar-refractivity contribution in [2.45, 2.75) is 19.8 Å². The zero-order valence-corrected chi connectivity index (χ0v) is 19.2. The van der Waals surface area contributed by atoms with Crippen molar-refractivity contribution in [2.75, 3.05) is 13.2 Å². The summed E-state index contributed by atoms with van der Waals surface area (Å²) in [6.07, 6.45) is 5.76. The van der Waals surface area contributed by atoms with Crippen LogP contribution in [0.3, 0.4) is 0 Å². The molecule has 0 radical (unpaired) electrons. The third-order valence-electron chi connectivity index (χ3n) is 5.00. The Morgan fingerprint density at radius 3 is 2.26 bits per heavy atom. The molecule has 0 unspecified atom stereocenters. The van der Waals surface area contributed by atoms with Gasteiger partial charge in [-0.1, -0.05) is 55.1 Å². The molecule has 174 valence electrons. The number of benzene rings is 3. The Labute approximate surface area is 200 Å². The Balaban J connectivity index is 1.45. The van der Waals surface area contributed by atoms with E-state index in [0.717, 1.165) is 46.9 Å². The summed E-state index contributed by atoms with van der Waals surface area (Å²) in [6, 6.07) is 23.1. The first-order valence-electron chi connectivity index (χ1n) is 11.1. The van der Waals surface area contributed by atoms with Gasteiger partial charge in [-0.25, -0.2) is 9.59 Å². The smallest absolute Gasteiger partial charge is 0.336 e. The molecule has 0 amide bonds. The quantitative estimate of drug-likeness (QED) is 0.149. The summed E-state index contributed by atoms with van der Waals surface area (Å²) in [4.78, 5) is 23.2. The molecule has 5 nitrogen and oxygen atoms in total. The second-order valence-corrected chi connectivity index (χ2v) is 7.60. The van der Waals surface area contributed by atoms with Crippen LogP contribution in [0.4, 0.5) is 0 Å². The molecule has 0 aliphatic rings. The van der Waals surface area contributed by atoms with Crippen molar-refractivity contribution in [1.29, 1.82) is 0 Å². The van der Waals surface area contributed by atoms with E-state index in [0.29, 0.717) is 19.0 Å². The van der Waals surface area contributed by atoms with Crippen LogP contribution in [0.1, 0.15) is 24.0 Å². The third kappa shape index (κ3) is 7.78. The molecule has 0 aliphatic heterocycles. The van der Waals surface area contributed by atoms with Gasteiger partial charge in [0.15, 0.2) is 0 Å². The Morgan fingerprint density at radius 1 is 0.853 bits per heavy atom. The van der Waals surface area contributed by atoms with Gasteiger partial charge in [0.1, 0.15) is 11.5 Å². The fourth-order valence-electron chi connectivity index (χ4n) is 3.22. The second kappa shape index (κ2) is 12.8. The van der Waals surface area contributed by atoms with Crippen LogP contribution >= 0.6 is 0 Å². The van der Waals surface area contributed by atoms with Crippen LogP contribution in [-0.2, 0) is 14.3 Å². The van der Waals surface area contributed by atoms with Crippen molar-refractivity contribution >= 4 is 18.0 Å². The number of carbonyl (C=O) groups excluding carboxylic acids is 2. The molecule has 3 rings (SSSR count). The molecule has 3 aromatic carbocycles. The molecule has 0 saturated heterocycles. The van der Waals surface area contributed by atoms with E-state index in [2.05, 4.69) is 6.58 Å². The standard InChI is InChI=1S/C29H28O5/c1-3-28(30)33-20-8-7-19-32-27-17-11-23(21-22(27)2)12-18-29(31)34-26-15-13-25(14-16-26)24-9-5-4-6-10-24/h3-6,9-18,21H,1,7-8,19-20H2,2H3. The molecule has 5 heteroatoms. The van der Waals surface area contributed by atoms with Gasteiger partial charge in [0, 0.05) is 12.2 Å². The van der Waals surface area contributed by atoms with Crippen LogP contribution in [-0.4, -0.2) is 25.2 Å². The highest BCUT2D eigenvalue weighted by molar-refractivity contribution is 5.88. The predicted octanol–water partition coefficient (Wildman–Crippen LogP) is 6.17. The topological polar surface area (TPSA) is 61.8 Å². The van der Waals surface area contributed by atoms with Gasteiger partial charge in [0.25, 0.3) is 0 Å². The van der Waals surface area contributed by atoms with Gasteiger partial charge in [-0.3, -0.25) is 0 Å². The second-order valence-electron chi connectivity index (χ2n) is 7.60. The minimum Gasteiger partial charge on any atom is -0.493 e. The lowest BCUT2D eigenvalue weighted by Crippen LogP contribution is -2.05. The normalized spacial score (nSPS) is 10.6. The lowest BCUT2D eigenvalue weighted by molar-refractivity contribution is -0.137. The Kier molecular flexibility index (Phi) is 9.23. The van der Waals surface area contributed by atoms with Crippen LogP contribution in [0, 0.1) is 6.92 Å². The lowest BCUT2D eigenvalue weighted by Gasteiger charge is -2.10. The minimum atomic E-state index is -0.442. The summed E-state index contributed by atoms with van der Waals surface area (Å²) in [5, 5.41) is 0. The van der Waals surface area contributed by atoms with Crippen LogP contribution in [0.15, 0.2) is 91.5 Å². The van der Waals surface area contributed by atoms with Gasteiger partial charge < -0.3 is 14.2 Å². The maximum atomic E-state index is 12.2. The molecule has 0 atom stereocenters. The van der Waals surface area contributed by atoms with Gasteiger partial charge in [0.05, 0.1) is 13.2 Å². The SMILES string of the molecule is C=CC(=O)OCCCCOc1ccc(C=CC(=O)Oc2ccc(-c3ccccc3)cc2)cc1C. The fourth-order valence-corrected chi connectivity index (χ4v) is 3.22. The highest BCUT2D eigenvalue weighted by atomic mass is 16.5. The first-order valence-corrected chi connectivity index (χ1v) is 11.1. The summed E-state index contributed by atoms with van der Waals surface area (Å²) in [7, 11) is 0. The van der Waals surface area contributed by atoms with Crippen LogP contribution in [0.25, 0.3) is 17.2 Å². The number of hydrogen-bond donors (Lipinski definition) is 0. The number of hydrogen-bond acceptors (Lipinski definition) is 5.